The van der Waals surface area contributed by atoms with Crippen LogP contribution in [0.15, 0.2) is 18.2 Å². The number of anilines is 1. The molecule has 0 aliphatic rings. The third-order valence-corrected chi connectivity index (χ3v) is 3.41. The number of benzene rings is 1. The fourth-order valence-electron chi connectivity index (χ4n) is 1.41. The zero-order valence-electron chi connectivity index (χ0n) is 9.05. The van der Waals surface area contributed by atoms with Crippen LogP contribution in [-0.2, 0) is 9.59 Å². The summed E-state index contributed by atoms with van der Waals surface area (Å²) in [5.74, 6) is -1.58. The summed E-state index contributed by atoms with van der Waals surface area (Å²) in [5.41, 5.74) is 6.50. The van der Waals surface area contributed by atoms with Crippen LogP contribution in [-0.4, -0.2) is 22.0 Å². The summed E-state index contributed by atoms with van der Waals surface area (Å²) in [6.45, 7) is 1.36. The molecule has 2 unspecified atom stereocenters. The number of carbonyl (C=O) groups is 2. The molecule has 92 valence electrons. The Balaban J connectivity index is 3.30. The van der Waals surface area contributed by atoms with E-state index in [1.54, 1.807) is 0 Å². The highest BCUT2D eigenvalue weighted by atomic mass is 79.9. The lowest BCUT2D eigenvalue weighted by Crippen LogP contribution is -2.15. The summed E-state index contributed by atoms with van der Waals surface area (Å²) in [4.78, 5) is 21.3. The molecule has 0 aromatic heterocycles. The first-order valence-corrected chi connectivity index (χ1v) is 5.71. The van der Waals surface area contributed by atoms with Gasteiger partial charge in [0.25, 0.3) is 0 Å². The molecule has 0 saturated heterocycles. The predicted octanol–water partition coefficient (Wildman–Crippen LogP) is 1.41. The fourth-order valence-corrected chi connectivity index (χ4v) is 1.81. The number of hydrogen-bond donors (Lipinski definition) is 3. The molecule has 17 heavy (non-hydrogen) atoms. The number of aliphatic hydroxyl groups is 1. The maximum atomic E-state index is 11.3. The Morgan fingerprint density at radius 1 is 1.35 bits per heavy atom. The van der Waals surface area contributed by atoms with Gasteiger partial charge < -0.3 is 15.9 Å². The minimum absolute atomic E-state index is 0.156. The third-order valence-electron chi connectivity index (χ3n) is 2.27. The molecule has 0 bridgehead atoms. The molecule has 0 radical (unpaired) electrons. The van der Waals surface area contributed by atoms with E-state index in [1.807, 2.05) is 0 Å². The summed E-state index contributed by atoms with van der Waals surface area (Å²) in [7, 11) is 0. The first kappa shape index (κ1) is 13.7. The van der Waals surface area contributed by atoms with E-state index in [4.69, 9.17) is 10.8 Å². The number of rotatable bonds is 4. The first-order chi connectivity index (χ1) is 7.84. The minimum Gasteiger partial charge on any atom is -0.479 e. The number of carboxylic acids is 1. The molecule has 6 heteroatoms. The number of halogens is 1. The average Bonchev–Trinajstić information content (AvgIpc) is 2.26. The molecule has 1 aromatic rings. The summed E-state index contributed by atoms with van der Waals surface area (Å²) in [6.07, 6.45) is -1.68. The minimum atomic E-state index is -1.68. The van der Waals surface area contributed by atoms with Gasteiger partial charge in [-0.25, -0.2) is 4.79 Å². The fraction of sp³-hybridized carbons (Fsp3) is 0.273. The second kappa shape index (κ2) is 5.29. The quantitative estimate of drug-likeness (QED) is 0.577. The number of alkyl halides is 1. The van der Waals surface area contributed by atoms with Gasteiger partial charge in [0.1, 0.15) is 5.78 Å². The van der Waals surface area contributed by atoms with E-state index in [-0.39, 0.29) is 11.3 Å². The number of nitrogen functional groups attached to an aromatic ring is 1. The van der Waals surface area contributed by atoms with E-state index in [9.17, 15) is 14.7 Å². The van der Waals surface area contributed by atoms with Crippen LogP contribution in [0.1, 0.15) is 29.0 Å². The third kappa shape index (κ3) is 3.04. The molecule has 0 aliphatic heterocycles. The van der Waals surface area contributed by atoms with Crippen molar-refractivity contribution in [1.29, 1.82) is 0 Å². The van der Waals surface area contributed by atoms with Crippen LogP contribution in [0.3, 0.4) is 0 Å². The van der Waals surface area contributed by atoms with Crippen LogP contribution < -0.4 is 5.73 Å². The zero-order chi connectivity index (χ0) is 13.2. The highest BCUT2D eigenvalue weighted by Crippen LogP contribution is 2.32. The highest BCUT2D eigenvalue weighted by Gasteiger charge is 2.24. The van der Waals surface area contributed by atoms with Crippen molar-refractivity contribution in [3.8, 4) is 0 Å². The molecular weight excluding hydrogens is 290 g/mol. The molecule has 0 spiro atoms. The predicted molar refractivity (Wildman–Crippen MR) is 65.8 cm³/mol. The molecule has 2 atom stereocenters. The van der Waals surface area contributed by atoms with Crippen LogP contribution in [0.2, 0.25) is 0 Å². The second-order valence-corrected chi connectivity index (χ2v) is 4.52. The lowest BCUT2D eigenvalue weighted by atomic mass is 9.97. The van der Waals surface area contributed by atoms with Crippen molar-refractivity contribution >= 4 is 33.4 Å². The number of nitrogens with two attached hydrogens (primary N) is 1. The van der Waals surface area contributed by atoms with E-state index < -0.39 is 16.9 Å². The summed E-state index contributed by atoms with van der Waals surface area (Å²) < 4.78 is 0. The van der Waals surface area contributed by atoms with E-state index in [1.165, 1.54) is 25.1 Å². The van der Waals surface area contributed by atoms with Gasteiger partial charge in [-0.15, -0.1) is 0 Å². The lowest BCUT2D eigenvalue weighted by Gasteiger charge is -2.15. The van der Waals surface area contributed by atoms with Crippen molar-refractivity contribution < 1.29 is 19.8 Å². The van der Waals surface area contributed by atoms with Crippen LogP contribution >= 0.6 is 15.9 Å². The van der Waals surface area contributed by atoms with Crippen molar-refractivity contribution in [2.45, 2.75) is 17.9 Å². The van der Waals surface area contributed by atoms with Gasteiger partial charge in [-0.1, -0.05) is 22.0 Å². The Bertz CT molecular complexity index is 461. The number of ketones is 1. The molecule has 1 aromatic carbocycles. The van der Waals surface area contributed by atoms with Gasteiger partial charge in [0.2, 0.25) is 0 Å². The van der Waals surface area contributed by atoms with Crippen LogP contribution in [0.5, 0.6) is 0 Å². The number of Topliss-reactive ketones (excluding diaryl/α,β-unsaturated/α-hetero) is 1. The molecule has 0 amide bonds. The van der Waals surface area contributed by atoms with Gasteiger partial charge in [0.05, 0.1) is 4.83 Å². The van der Waals surface area contributed by atoms with Crippen molar-refractivity contribution in [2.24, 2.45) is 0 Å². The molecular formula is C11H12BrNO4. The molecule has 0 fully saturated rings. The van der Waals surface area contributed by atoms with Crippen LogP contribution in [0, 0.1) is 0 Å². The van der Waals surface area contributed by atoms with Gasteiger partial charge in [-0.2, -0.15) is 0 Å². The molecule has 0 saturated carbocycles. The van der Waals surface area contributed by atoms with Crippen molar-refractivity contribution in [1.82, 2.24) is 0 Å². The molecule has 0 aliphatic carbocycles. The maximum absolute atomic E-state index is 11.3. The molecule has 5 nitrogen and oxygen atoms in total. The monoisotopic (exact) mass is 301 g/mol. The van der Waals surface area contributed by atoms with Crippen molar-refractivity contribution in [2.75, 3.05) is 5.73 Å². The van der Waals surface area contributed by atoms with E-state index >= 15 is 0 Å². The second-order valence-electron chi connectivity index (χ2n) is 3.60. The van der Waals surface area contributed by atoms with Crippen molar-refractivity contribution in [3.05, 3.63) is 29.3 Å². The Hall–Kier alpha value is -1.40. The van der Waals surface area contributed by atoms with Crippen LogP contribution in [0.25, 0.3) is 0 Å². The van der Waals surface area contributed by atoms with Gasteiger partial charge in [-0.3, -0.25) is 4.79 Å². The Morgan fingerprint density at radius 3 is 2.41 bits per heavy atom. The first-order valence-electron chi connectivity index (χ1n) is 4.79. The smallest absolute Gasteiger partial charge is 0.337 e. The van der Waals surface area contributed by atoms with Gasteiger partial charge in [0.15, 0.2) is 6.10 Å². The van der Waals surface area contributed by atoms with E-state index in [2.05, 4.69) is 15.9 Å². The standard InChI is InChI=1S/C11H12BrNO4/c1-5(14)9(12)8-4-6(13)2-3-7(8)10(15)11(16)17/h2-4,9-10,15H,13H2,1H3,(H,16,17). The maximum Gasteiger partial charge on any atom is 0.337 e. The van der Waals surface area contributed by atoms with E-state index in [0.717, 1.165) is 0 Å². The van der Waals surface area contributed by atoms with Crippen molar-refractivity contribution in [3.63, 3.8) is 0 Å². The number of carbonyl (C=O) groups excluding carboxylic acids is 1. The van der Waals surface area contributed by atoms with Gasteiger partial charge in [-0.05, 0) is 30.2 Å². The normalized spacial score (nSPS) is 14.1. The average molecular weight is 302 g/mol. The molecule has 0 heterocycles. The summed E-state index contributed by atoms with van der Waals surface area (Å²) >= 11 is 3.14. The number of aliphatic carboxylic acids is 1. The summed E-state index contributed by atoms with van der Waals surface area (Å²) in [5, 5.41) is 18.3. The van der Waals surface area contributed by atoms with Gasteiger partial charge in [0, 0.05) is 5.69 Å². The molecule has 1 rings (SSSR count). The largest absolute Gasteiger partial charge is 0.479 e. The summed E-state index contributed by atoms with van der Waals surface area (Å²) in [6, 6.07) is 4.35. The Kier molecular flexibility index (Phi) is 4.25. The van der Waals surface area contributed by atoms with Gasteiger partial charge >= 0.3 is 5.97 Å². The van der Waals surface area contributed by atoms with Crippen LogP contribution in [0.4, 0.5) is 5.69 Å². The number of hydrogen-bond acceptors (Lipinski definition) is 4. The Morgan fingerprint density at radius 2 is 1.94 bits per heavy atom. The number of carboxylic acid groups (broad SMARTS) is 1. The number of aliphatic hydroxyl groups excluding tert-OH is 1. The highest BCUT2D eigenvalue weighted by molar-refractivity contribution is 9.09. The SMILES string of the molecule is CC(=O)C(Br)c1cc(N)ccc1C(O)C(=O)O. The zero-order valence-corrected chi connectivity index (χ0v) is 10.6. The molecule has 4 N–H and O–H groups in total. The van der Waals surface area contributed by atoms with E-state index in [0.29, 0.717) is 11.3 Å². The topological polar surface area (TPSA) is 101 Å². The lowest BCUT2D eigenvalue weighted by molar-refractivity contribution is -0.147. The Labute approximate surface area is 106 Å².